The molecule has 0 bridgehead atoms. The average Bonchev–Trinajstić information content (AvgIpc) is 3.15. The fourth-order valence-electron chi connectivity index (χ4n) is 2.30. The largest absolute Gasteiger partial charge is 0.497 e. The van der Waals surface area contributed by atoms with Crippen LogP contribution >= 0.6 is 27.7 Å². The summed E-state index contributed by atoms with van der Waals surface area (Å²) in [4.78, 5) is 43.0. The maximum absolute atomic E-state index is 12.3. The van der Waals surface area contributed by atoms with Crippen molar-refractivity contribution in [3.05, 3.63) is 57.2 Å². The highest BCUT2D eigenvalue weighted by Crippen LogP contribution is 2.20. The van der Waals surface area contributed by atoms with Gasteiger partial charge in [-0.25, -0.2) is 4.98 Å². The van der Waals surface area contributed by atoms with Crippen LogP contribution in [0.4, 0.5) is 17.2 Å². The molecule has 3 rings (SSSR count). The van der Waals surface area contributed by atoms with E-state index in [4.69, 9.17) is 14.9 Å². The molecule has 3 aromatic rings. The van der Waals surface area contributed by atoms with Crippen molar-refractivity contribution < 1.29 is 18.7 Å². The van der Waals surface area contributed by atoms with E-state index in [2.05, 4.69) is 36.5 Å². The Morgan fingerprint density at radius 2 is 2.10 bits per heavy atom. The summed E-state index contributed by atoms with van der Waals surface area (Å²) >= 11 is 4.07. The standard InChI is InChI=1S/C18H16BrN5O5S/c1-28-10-4-2-3-9(7-10)21-13(25)8-30-18-23-15(20)14(17(27)24-18)22-16(26)11-5-6-12(19)29-11/h2-7H,8H2,1H3,(H,21,25)(H,22,26)(H3,20,23,24,27). The number of hydrogen-bond donors (Lipinski definition) is 4. The zero-order chi connectivity index (χ0) is 21.7. The second-order valence-electron chi connectivity index (χ2n) is 5.76. The fourth-order valence-corrected chi connectivity index (χ4v) is 3.28. The van der Waals surface area contributed by atoms with Crippen LogP contribution in [0.1, 0.15) is 10.6 Å². The maximum atomic E-state index is 12.3. The third kappa shape index (κ3) is 5.42. The fraction of sp³-hybridized carbons (Fsp3) is 0.111. The van der Waals surface area contributed by atoms with Gasteiger partial charge in [-0.15, -0.1) is 0 Å². The molecule has 5 N–H and O–H groups in total. The molecule has 1 aromatic carbocycles. The van der Waals surface area contributed by atoms with Crippen molar-refractivity contribution >= 4 is 56.7 Å². The van der Waals surface area contributed by atoms with Crippen molar-refractivity contribution in [2.45, 2.75) is 5.16 Å². The van der Waals surface area contributed by atoms with Gasteiger partial charge in [-0.05, 0) is 40.2 Å². The van der Waals surface area contributed by atoms with Crippen LogP contribution in [0.15, 0.2) is 55.4 Å². The summed E-state index contributed by atoms with van der Waals surface area (Å²) in [6, 6.07) is 9.87. The first-order valence-corrected chi connectivity index (χ1v) is 10.2. The number of furan rings is 1. The first kappa shape index (κ1) is 21.5. The molecule has 2 amide bonds. The second-order valence-corrected chi connectivity index (χ2v) is 7.50. The van der Waals surface area contributed by atoms with Crippen molar-refractivity contribution in [1.82, 2.24) is 9.97 Å². The van der Waals surface area contributed by atoms with Crippen molar-refractivity contribution in [3.8, 4) is 5.75 Å². The van der Waals surface area contributed by atoms with Crippen LogP contribution in [0, 0.1) is 0 Å². The van der Waals surface area contributed by atoms with Gasteiger partial charge < -0.3 is 25.5 Å². The molecule has 10 nitrogen and oxygen atoms in total. The number of amides is 2. The predicted octanol–water partition coefficient (Wildman–Crippen LogP) is 2.70. The summed E-state index contributed by atoms with van der Waals surface area (Å²) in [6.45, 7) is 0. The topological polar surface area (TPSA) is 152 Å². The molecular formula is C18H16BrN5O5S. The molecule has 0 radical (unpaired) electrons. The van der Waals surface area contributed by atoms with Crippen LogP contribution in [0.5, 0.6) is 5.75 Å². The maximum Gasteiger partial charge on any atom is 0.291 e. The number of nitrogen functional groups attached to an aromatic ring is 1. The highest BCUT2D eigenvalue weighted by Gasteiger charge is 2.17. The number of nitrogens with one attached hydrogen (secondary N) is 3. The van der Waals surface area contributed by atoms with Crippen molar-refractivity contribution in [1.29, 1.82) is 0 Å². The minimum Gasteiger partial charge on any atom is -0.497 e. The molecule has 2 aromatic heterocycles. The lowest BCUT2D eigenvalue weighted by Gasteiger charge is -2.08. The van der Waals surface area contributed by atoms with Gasteiger partial charge in [0, 0.05) is 11.8 Å². The van der Waals surface area contributed by atoms with Gasteiger partial charge in [-0.1, -0.05) is 17.8 Å². The number of thioether (sulfide) groups is 1. The number of benzene rings is 1. The number of aromatic amines is 1. The van der Waals surface area contributed by atoms with Crippen molar-refractivity contribution in [2.24, 2.45) is 0 Å². The molecule has 0 unspecified atom stereocenters. The molecule has 30 heavy (non-hydrogen) atoms. The highest BCUT2D eigenvalue weighted by molar-refractivity contribution is 9.10. The summed E-state index contributed by atoms with van der Waals surface area (Å²) in [6.07, 6.45) is 0. The van der Waals surface area contributed by atoms with E-state index >= 15 is 0 Å². The number of ether oxygens (including phenoxy) is 1. The average molecular weight is 494 g/mol. The van der Waals surface area contributed by atoms with Gasteiger partial charge in [0.25, 0.3) is 11.5 Å². The second kappa shape index (κ2) is 9.50. The van der Waals surface area contributed by atoms with Gasteiger partial charge in [0.1, 0.15) is 5.75 Å². The van der Waals surface area contributed by atoms with Crippen LogP contribution in [-0.4, -0.2) is 34.6 Å². The Hall–Kier alpha value is -3.25. The minimum absolute atomic E-state index is 0.00617. The number of methoxy groups -OCH3 is 1. The van der Waals surface area contributed by atoms with E-state index in [1.165, 1.54) is 19.2 Å². The molecule has 0 fully saturated rings. The quantitative estimate of drug-likeness (QED) is 0.289. The van der Waals surface area contributed by atoms with E-state index in [1.54, 1.807) is 24.3 Å². The third-order valence-electron chi connectivity index (χ3n) is 3.65. The van der Waals surface area contributed by atoms with E-state index in [1.807, 2.05) is 0 Å². The molecule has 0 aliphatic rings. The summed E-state index contributed by atoms with van der Waals surface area (Å²) < 4.78 is 10.6. The van der Waals surface area contributed by atoms with Gasteiger partial charge >= 0.3 is 0 Å². The van der Waals surface area contributed by atoms with Crippen molar-refractivity contribution in [3.63, 3.8) is 0 Å². The Bertz CT molecular complexity index is 1150. The summed E-state index contributed by atoms with van der Waals surface area (Å²) in [5.41, 5.74) is 5.51. The third-order valence-corrected chi connectivity index (χ3v) is 4.95. The summed E-state index contributed by atoms with van der Waals surface area (Å²) in [5.74, 6) is -0.570. The molecule has 0 atom stereocenters. The van der Waals surface area contributed by atoms with Crippen LogP contribution in [0.3, 0.4) is 0 Å². The summed E-state index contributed by atoms with van der Waals surface area (Å²) in [5, 5.41) is 5.21. The monoisotopic (exact) mass is 493 g/mol. The first-order chi connectivity index (χ1) is 14.4. The smallest absolute Gasteiger partial charge is 0.291 e. The number of nitrogens with zero attached hydrogens (tertiary/aromatic N) is 1. The SMILES string of the molecule is COc1cccc(NC(=O)CSc2nc(N)c(NC(=O)c3ccc(Br)o3)c(=O)[nH]2)c1. The Morgan fingerprint density at radius 1 is 1.30 bits per heavy atom. The minimum atomic E-state index is -0.655. The number of rotatable bonds is 7. The molecule has 0 saturated heterocycles. The van der Waals surface area contributed by atoms with E-state index < -0.39 is 11.5 Å². The molecule has 0 aliphatic heterocycles. The van der Waals surface area contributed by atoms with E-state index in [-0.39, 0.29) is 34.1 Å². The molecule has 2 heterocycles. The number of carbonyl (C=O) groups excluding carboxylic acids is 2. The number of aromatic nitrogens is 2. The number of carbonyl (C=O) groups is 2. The number of anilines is 3. The lowest BCUT2D eigenvalue weighted by atomic mass is 10.3. The van der Waals surface area contributed by atoms with Crippen LogP contribution in [0.2, 0.25) is 0 Å². The zero-order valence-electron chi connectivity index (χ0n) is 15.5. The van der Waals surface area contributed by atoms with Gasteiger partial charge in [0.05, 0.1) is 12.9 Å². The zero-order valence-corrected chi connectivity index (χ0v) is 17.9. The number of hydrogen-bond acceptors (Lipinski definition) is 8. The normalized spacial score (nSPS) is 10.5. The van der Waals surface area contributed by atoms with Crippen LogP contribution < -0.4 is 26.7 Å². The predicted molar refractivity (Wildman–Crippen MR) is 116 cm³/mol. The Morgan fingerprint density at radius 3 is 2.77 bits per heavy atom. The molecule has 0 saturated carbocycles. The molecule has 12 heteroatoms. The summed E-state index contributed by atoms with van der Waals surface area (Å²) in [7, 11) is 1.53. The van der Waals surface area contributed by atoms with Crippen LogP contribution in [0.25, 0.3) is 0 Å². The van der Waals surface area contributed by atoms with Crippen molar-refractivity contribution in [2.75, 3.05) is 29.2 Å². The molecular weight excluding hydrogens is 478 g/mol. The van der Waals surface area contributed by atoms with E-state index in [0.29, 0.717) is 16.1 Å². The van der Waals surface area contributed by atoms with Crippen LogP contribution in [-0.2, 0) is 4.79 Å². The Labute approximate surface area is 182 Å². The molecule has 156 valence electrons. The molecule has 0 spiro atoms. The molecule has 0 aliphatic carbocycles. The number of halogens is 1. The number of nitrogens with two attached hydrogens (primary N) is 1. The first-order valence-electron chi connectivity index (χ1n) is 8.39. The van der Waals surface area contributed by atoms with Gasteiger partial charge in [-0.2, -0.15) is 0 Å². The lowest BCUT2D eigenvalue weighted by Crippen LogP contribution is -2.23. The lowest BCUT2D eigenvalue weighted by molar-refractivity contribution is -0.113. The van der Waals surface area contributed by atoms with E-state index in [0.717, 1.165) is 11.8 Å². The number of H-pyrrole nitrogens is 1. The van der Waals surface area contributed by atoms with Gasteiger partial charge in [0.15, 0.2) is 27.1 Å². The van der Waals surface area contributed by atoms with Gasteiger partial charge in [-0.3, -0.25) is 19.4 Å². The Balaban J connectivity index is 1.62. The van der Waals surface area contributed by atoms with E-state index in [9.17, 15) is 14.4 Å². The van der Waals surface area contributed by atoms with Gasteiger partial charge in [0.2, 0.25) is 5.91 Å². The highest BCUT2D eigenvalue weighted by atomic mass is 79.9. The Kier molecular flexibility index (Phi) is 6.79.